The number of fused-ring (bicyclic) bond motifs is 1. The van der Waals surface area contributed by atoms with Crippen LogP contribution in [0, 0.1) is 11.3 Å². The lowest BCUT2D eigenvalue weighted by atomic mass is 10.1. The van der Waals surface area contributed by atoms with E-state index in [4.69, 9.17) is 16.9 Å². The summed E-state index contributed by atoms with van der Waals surface area (Å²) < 4.78 is 0. The SMILES string of the molecule is N#CCN1Cc2cc(Cl)ccc2C1=O. The first-order chi connectivity index (χ1) is 6.72. The second-order valence-electron chi connectivity index (χ2n) is 3.12. The van der Waals surface area contributed by atoms with Crippen LogP contribution in [-0.4, -0.2) is 17.4 Å². The Hall–Kier alpha value is -1.53. The fourth-order valence-electron chi connectivity index (χ4n) is 1.56. The maximum atomic E-state index is 11.6. The molecule has 0 fully saturated rings. The van der Waals surface area contributed by atoms with Crippen molar-refractivity contribution in [3.63, 3.8) is 0 Å². The highest BCUT2D eigenvalue weighted by molar-refractivity contribution is 6.30. The maximum Gasteiger partial charge on any atom is 0.255 e. The minimum atomic E-state index is -0.0850. The van der Waals surface area contributed by atoms with E-state index in [0.717, 1.165) is 5.56 Å². The smallest absolute Gasteiger partial charge is 0.255 e. The zero-order chi connectivity index (χ0) is 10.1. The second-order valence-corrected chi connectivity index (χ2v) is 3.56. The number of carbonyl (C=O) groups excluding carboxylic acids is 1. The zero-order valence-electron chi connectivity index (χ0n) is 7.33. The molecule has 4 heteroatoms. The van der Waals surface area contributed by atoms with Gasteiger partial charge in [-0.15, -0.1) is 0 Å². The lowest BCUT2D eigenvalue weighted by Gasteiger charge is -2.08. The summed E-state index contributed by atoms with van der Waals surface area (Å²) in [6.07, 6.45) is 0. The number of benzene rings is 1. The largest absolute Gasteiger partial charge is 0.321 e. The van der Waals surface area contributed by atoms with Crippen molar-refractivity contribution in [3.8, 4) is 6.07 Å². The molecule has 14 heavy (non-hydrogen) atoms. The van der Waals surface area contributed by atoms with Crippen LogP contribution >= 0.6 is 11.6 Å². The molecular weight excluding hydrogens is 200 g/mol. The van der Waals surface area contributed by atoms with Crippen LogP contribution in [0.2, 0.25) is 5.02 Å². The first-order valence-corrected chi connectivity index (χ1v) is 4.55. The van der Waals surface area contributed by atoms with E-state index in [1.807, 2.05) is 6.07 Å². The number of hydrogen-bond donors (Lipinski definition) is 0. The predicted octanol–water partition coefficient (Wildman–Crippen LogP) is 1.82. The van der Waals surface area contributed by atoms with Crippen molar-refractivity contribution >= 4 is 17.5 Å². The van der Waals surface area contributed by atoms with Crippen molar-refractivity contribution in [2.24, 2.45) is 0 Å². The maximum absolute atomic E-state index is 11.6. The van der Waals surface area contributed by atoms with Gasteiger partial charge in [0.1, 0.15) is 6.54 Å². The number of nitriles is 1. The van der Waals surface area contributed by atoms with Crippen LogP contribution in [0.4, 0.5) is 0 Å². The normalized spacial score (nSPS) is 14.0. The Labute approximate surface area is 86.5 Å². The summed E-state index contributed by atoms with van der Waals surface area (Å²) in [7, 11) is 0. The standard InChI is InChI=1S/C10H7ClN2O/c11-8-1-2-9-7(5-8)6-13(4-3-12)10(9)14/h1-2,5H,4,6H2. The average molecular weight is 207 g/mol. The van der Waals surface area contributed by atoms with E-state index in [9.17, 15) is 4.79 Å². The van der Waals surface area contributed by atoms with Gasteiger partial charge in [0.15, 0.2) is 0 Å². The quantitative estimate of drug-likeness (QED) is 0.658. The Bertz CT molecular complexity index is 436. The Morgan fingerprint density at radius 1 is 1.57 bits per heavy atom. The van der Waals surface area contributed by atoms with Gasteiger partial charge in [-0.3, -0.25) is 4.79 Å². The molecule has 1 amide bonds. The molecule has 0 atom stereocenters. The van der Waals surface area contributed by atoms with Gasteiger partial charge in [-0.2, -0.15) is 5.26 Å². The summed E-state index contributed by atoms with van der Waals surface area (Å²) in [5.41, 5.74) is 1.56. The van der Waals surface area contributed by atoms with Crippen molar-refractivity contribution < 1.29 is 4.79 Å². The lowest BCUT2D eigenvalue weighted by Crippen LogP contribution is -2.23. The summed E-state index contributed by atoms with van der Waals surface area (Å²) in [6.45, 7) is 0.618. The Kier molecular flexibility index (Phi) is 2.14. The number of carbonyl (C=O) groups is 1. The van der Waals surface area contributed by atoms with Crippen LogP contribution in [0.1, 0.15) is 15.9 Å². The Balaban J connectivity index is 2.37. The molecule has 0 bridgehead atoms. The van der Waals surface area contributed by atoms with E-state index in [2.05, 4.69) is 0 Å². The van der Waals surface area contributed by atoms with E-state index in [1.165, 1.54) is 4.90 Å². The molecule has 1 aliphatic heterocycles. The van der Waals surface area contributed by atoms with Crippen molar-refractivity contribution in [2.45, 2.75) is 6.54 Å². The minimum Gasteiger partial charge on any atom is -0.321 e. The second kappa shape index (κ2) is 3.32. The van der Waals surface area contributed by atoms with Crippen LogP contribution in [0.15, 0.2) is 18.2 Å². The third-order valence-corrected chi connectivity index (χ3v) is 2.44. The Morgan fingerprint density at radius 3 is 3.07 bits per heavy atom. The molecule has 0 N–H and O–H groups in total. The molecule has 2 rings (SSSR count). The molecule has 0 aliphatic carbocycles. The third kappa shape index (κ3) is 1.34. The third-order valence-electron chi connectivity index (χ3n) is 2.21. The van der Waals surface area contributed by atoms with E-state index >= 15 is 0 Å². The predicted molar refractivity (Wildman–Crippen MR) is 51.8 cm³/mol. The summed E-state index contributed by atoms with van der Waals surface area (Å²) in [6, 6.07) is 7.13. The van der Waals surface area contributed by atoms with Crippen molar-refractivity contribution in [1.82, 2.24) is 4.90 Å². The van der Waals surface area contributed by atoms with Gasteiger partial charge in [-0.1, -0.05) is 11.6 Å². The van der Waals surface area contributed by atoms with Crippen molar-refractivity contribution in [3.05, 3.63) is 34.3 Å². The molecule has 1 aromatic carbocycles. The van der Waals surface area contributed by atoms with Crippen LogP contribution in [0.25, 0.3) is 0 Å². The summed E-state index contributed by atoms with van der Waals surface area (Å²) >= 11 is 5.80. The van der Waals surface area contributed by atoms with Crippen molar-refractivity contribution in [2.75, 3.05) is 6.54 Å². The number of amides is 1. The molecule has 0 radical (unpaired) electrons. The zero-order valence-corrected chi connectivity index (χ0v) is 8.08. The lowest BCUT2D eigenvalue weighted by molar-refractivity contribution is 0.0798. The minimum absolute atomic E-state index is 0.0850. The molecular formula is C10H7ClN2O. The monoisotopic (exact) mass is 206 g/mol. The van der Waals surface area contributed by atoms with E-state index in [-0.39, 0.29) is 12.5 Å². The van der Waals surface area contributed by atoms with Gasteiger partial charge in [0.2, 0.25) is 0 Å². The number of nitrogens with zero attached hydrogens (tertiary/aromatic N) is 2. The first kappa shape index (κ1) is 9.04. The molecule has 1 heterocycles. The average Bonchev–Trinajstić information content (AvgIpc) is 2.44. The highest BCUT2D eigenvalue weighted by atomic mass is 35.5. The fraction of sp³-hybridized carbons (Fsp3) is 0.200. The summed E-state index contributed by atoms with van der Waals surface area (Å²) in [5.74, 6) is -0.0850. The van der Waals surface area contributed by atoms with E-state index in [0.29, 0.717) is 17.1 Å². The van der Waals surface area contributed by atoms with Gasteiger partial charge in [-0.25, -0.2) is 0 Å². The van der Waals surface area contributed by atoms with Crippen LogP contribution in [0.5, 0.6) is 0 Å². The number of hydrogen-bond acceptors (Lipinski definition) is 2. The first-order valence-electron chi connectivity index (χ1n) is 4.17. The molecule has 0 spiro atoms. The van der Waals surface area contributed by atoms with E-state index in [1.54, 1.807) is 18.2 Å². The molecule has 70 valence electrons. The number of halogens is 1. The summed E-state index contributed by atoms with van der Waals surface area (Å²) in [5, 5.41) is 9.13. The molecule has 1 aliphatic rings. The van der Waals surface area contributed by atoms with E-state index < -0.39 is 0 Å². The number of rotatable bonds is 1. The molecule has 0 saturated heterocycles. The van der Waals surface area contributed by atoms with Gasteiger partial charge < -0.3 is 4.90 Å². The highest BCUT2D eigenvalue weighted by Crippen LogP contribution is 2.25. The fourth-order valence-corrected chi connectivity index (χ4v) is 1.76. The Morgan fingerprint density at radius 2 is 2.36 bits per heavy atom. The van der Waals surface area contributed by atoms with Crippen LogP contribution in [-0.2, 0) is 6.54 Å². The van der Waals surface area contributed by atoms with Crippen LogP contribution in [0.3, 0.4) is 0 Å². The van der Waals surface area contributed by atoms with Crippen molar-refractivity contribution in [1.29, 1.82) is 5.26 Å². The topological polar surface area (TPSA) is 44.1 Å². The molecule has 0 unspecified atom stereocenters. The summed E-state index contributed by atoms with van der Waals surface area (Å²) in [4.78, 5) is 13.1. The molecule has 3 nitrogen and oxygen atoms in total. The van der Waals surface area contributed by atoms with Gasteiger partial charge in [0.25, 0.3) is 5.91 Å². The molecule has 1 aromatic rings. The van der Waals surface area contributed by atoms with Crippen LogP contribution < -0.4 is 0 Å². The highest BCUT2D eigenvalue weighted by Gasteiger charge is 2.26. The van der Waals surface area contributed by atoms with Gasteiger partial charge >= 0.3 is 0 Å². The van der Waals surface area contributed by atoms with Gasteiger partial charge in [0, 0.05) is 17.1 Å². The molecule has 0 aromatic heterocycles. The van der Waals surface area contributed by atoms with Gasteiger partial charge in [-0.05, 0) is 23.8 Å². The molecule has 0 saturated carbocycles. The van der Waals surface area contributed by atoms with Gasteiger partial charge in [0.05, 0.1) is 6.07 Å².